The molecule has 29 heavy (non-hydrogen) atoms. The zero-order valence-corrected chi connectivity index (χ0v) is 17.2. The van der Waals surface area contributed by atoms with Crippen LogP contribution in [0.15, 0.2) is 48.5 Å². The van der Waals surface area contributed by atoms with Crippen molar-refractivity contribution in [3.8, 4) is 0 Å². The lowest BCUT2D eigenvalue weighted by atomic mass is 10.0. The fourth-order valence-electron chi connectivity index (χ4n) is 4.62. The summed E-state index contributed by atoms with van der Waals surface area (Å²) in [5.41, 5.74) is 6.67. The van der Waals surface area contributed by atoms with Crippen LogP contribution in [-0.4, -0.2) is 42.7 Å². The summed E-state index contributed by atoms with van der Waals surface area (Å²) in [5.74, 6) is 1.14. The summed E-state index contributed by atoms with van der Waals surface area (Å²) in [6.45, 7) is 8.62. The van der Waals surface area contributed by atoms with E-state index in [1.165, 1.54) is 40.5 Å². The van der Waals surface area contributed by atoms with E-state index in [-0.39, 0.29) is 0 Å². The van der Waals surface area contributed by atoms with Gasteiger partial charge < -0.3 is 9.64 Å². The van der Waals surface area contributed by atoms with Crippen molar-refractivity contribution in [2.75, 3.05) is 37.7 Å². The molecule has 2 aliphatic rings. The molecule has 1 aromatic heterocycles. The van der Waals surface area contributed by atoms with Gasteiger partial charge in [-0.05, 0) is 55.1 Å². The zero-order valence-electron chi connectivity index (χ0n) is 17.2. The lowest BCUT2D eigenvalue weighted by molar-refractivity contribution is 0.122. The number of hydrogen-bond donors (Lipinski definition) is 0. The molecule has 0 unspecified atom stereocenters. The van der Waals surface area contributed by atoms with Gasteiger partial charge in [0.2, 0.25) is 0 Å². The van der Waals surface area contributed by atoms with Gasteiger partial charge in [0, 0.05) is 37.1 Å². The van der Waals surface area contributed by atoms with Gasteiger partial charge in [-0.3, -0.25) is 4.90 Å². The van der Waals surface area contributed by atoms with Gasteiger partial charge in [-0.15, -0.1) is 0 Å². The monoisotopic (exact) mass is 387 g/mol. The summed E-state index contributed by atoms with van der Waals surface area (Å²) in [6, 6.07) is 17.9. The summed E-state index contributed by atoms with van der Waals surface area (Å²) in [6.07, 6.45) is 2.39. The zero-order chi connectivity index (χ0) is 19.6. The highest BCUT2D eigenvalue weighted by atomic mass is 16.5. The van der Waals surface area contributed by atoms with Crippen LogP contribution >= 0.6 is 0 Å². The van der Waals surface area contributed by atoms with Gasteiger partial charge in [0.1, 0.15) is 5.82 Å². The molecule has 4 nitrogen and oxygen atoms in total. The molecule has 2 aromatic carbocycles. The van der Waals surface area contributed by atoms with Crippen molar-refractivity contribution in [1.29, 1.82) is 0 Å². The number of pyridine rings is 1. The van der Waals surface area contributed by atoms with Crippen LogP contribution in [-0.2, 0) is 24.2 Å². The van der Waals surface area contributed by atoms with Crippen LogP contribution in [0.2, 0.25) is 0 Å². The Hall–Kier alpha value is -2.43. The van der Waals surface area contributed by atoms with Gasteiger partial charge in [0.15, 0.2) is 0 Å². The number of ether oxygens (including phenoxy) is 1. The van der Waals surface area contributed by atoms with Crippen LogP contribution < -0.4 is 4.90 Å². The number of rotatable bonds is 3. The minimum Gasteiger partial charge on any atom is -0.378 e. The first-order chi connectivity index (χ1) is 14.3. The van der Waals surface area contributed by atoms with Gasteiger partial charge in [0.05, 0.1) is 18.7 Å². The molecule has 0 spiro atoms. The highest BCUT2D eigenvalue weighted by Crippen LogP contribution is 2.28. The normalized spacial score (nSPS) is 17.9. The topological polar surface area (TPSA) is 28.6 Å². The Morgan fingerprint density at radius 1 is 0.966 bits per heavy atom. The SMILES string of the molecule is Cc1ccc2cc(CN3CCCc4ccccc4C3)c(N3CCOCC3)nc2c1. The second-order valence-corrected chi connectivity index (χ2v) is 8.35. The van der Waals surface area contributed by atoms with Gasteiger partial charge >= 0.3 is 0 Å². The smallest absolute Gasteiger partial charge is 0.133 e. The molecule has 3 heterocycles. The van der Waals surface area contributed by atoms with Crippen molar-refractivity contribution in [1.82, 2.24) is 9.88 Å². The number of hydrogen-bond acceptors (Lipinski definition) is 4. The molecule has 1 fully saturated rings. The van der Waals surface area contributed by atoms with E-state index in [4.69, 9.17) is 9.72 Å². The molecule has 0 radical (unpaired) electrons. The first-order valence-electron chi connectivity index (χ1n) is 10.8. The molecule has 3 aromatic rings. The van der Waals surface area contributed by atoms with Gasteiger partial charge in [-0.1, -0.05) is 36.4 Å². The lowest BCUT2D eigenvalue weighted by Gasteiger charge is -2.31. The van der Waals surface area contributed by atoms with E-state index >= 15 is 0 Å². The van der Waals surface area contributed by atoms with Crippen molar-refractivity contribution >= 4 is 16.7 Å². The maximum absolute atomic E-state index is 5.59. The first kappa shape index (κ1) is 18.6. The van der Waals surface area contributed by atoms with Gasteiger partial charge in [-0.25, -0.2) is 4.98 Å². The molecule has 0 saturated carbocycles. The maximum Gasteiger partial charge on any atom is 0.133 e. The predicted octanol–water partition coefficient (Wildman–Crippen LogP) is 4.33. The lowest BCUT2D eigenvalue weighted by Crippen LogP contribution is -2.38. The Kier molecular flexibility index (Phi) is 5.21. The Morgan fingerprint density at radius 3 is 2.66 bits per heavy atom. The number of aryl methyl sites for hydroxylation is 2. The van der Waals surface area contributed by atoms with Crippen LogP contribution in [0.3, 0.4) is 0 Å². The molecule has 1 saturated heterocycles. The molecule has 5 rings (SSSR count). The molecule has 0 bridgehead atoms. The average Bonchev–Trinajstić information content (AvgIpc) is 2.96. The average molecular weight is 388 g/mol. The predicted molar refractivity (Wildman–Crippen MR) is 118 cm³/mol. The van der Waals surface area contributed by atoms with Crippen molar-refractivity contribution in [3.63, 3.8) is 0 Å². The fourth-order valence-corrected chi connectivity index (χ4v) is 4.62. The highest BCUT2D eigenvalue weighted by molar-refractivity contribution is 5.82. The van der Waals surface area contributed by atoms with Crippen molar-refractivity contribution in [2.24, 2.45) is 0 Å². The Morgan fingerprint density at radius 2 is 1.79 bits per heavy atom. The number of anilines is 1. The number of benzene rings is 2. The number of nitrogens with zero attached hydrogens (tertiary/aromatic N) is 3. The number of fused-ring (bicyclic) bond motifs is 2. The molecule has 0 aliphatic carbocycles. The quantitative estimate of drug-likeness (QED) is 0.669. The van der Waals surface area contributed by atoms with Crippen LogP contribution in [0.4, 0.5) is 5.82 Å². The van der Waals surface area contributed by atoms with Gasteiger partial charge in [-0.2, -0.15) is 0 Å². The standard InChI is InChI=1S/C25H29N3O/c1-19-8-9-21-16-23(25(26-24(21)15-19)28-11-13-29-14-12-28)18-27-10-4-7-20-5-2-3-6-22(20)17-27/h2-3,5-6,8-9,15-16H,4,7,10-14,17-18H2,1H3. The summed E-state index contributed by atoms with van der Waals surface area (Å²) in [5, 5.41) is 1.23. The fraction of sp³-hybridized carbons (Fsp3) is 0.400. The second-order valence-electron chi connectivity index (χ2n) is 8.35. The number of morpholine rings is 1. The van der Waals surface area contributed by atoms with Crippen molar-refractivity contribution in [2.45, 2.75) is 32.9 Å². The van der Waals surface area contributed by atoms with Crippen molar-refractivity contribution in [3.05, 3.63) is 70.8 Å². The highest BCUT2D eigenvalue weighted by Gasteiger charge is 2.21. The van der Waals surface area contributed by atoms with Crippen molar-refractivity contribution < 1.29 is 4.74 Å². The first-order valence-corrected chi connectivity index (χ1v) is 10.8. The minimum absolute atomic E-state index is 0.782. The Labute approximate surface area is 173 Å². The van der Waals surface area contributed by atoms with E-state index in [0.29, 0.717) is 0 Å². The molecule has 2 aliphatic heterocycles. The van der Waals surface area contributed by atoms with E-state index in [1.807, 2.05) is 0 Å². The largest absolute Gasteiger partial charge is 0.378 e. The molecular formula is C25H29N3O. The molecular weight excluding hydrogens is 358 g/mol. The summed E-state index contributed by atoms with van der Waals surface area (Å²) < 4.78 is 5.59. The van der Waals surface area contributed by atoms with E-state index < -0.39 is 0 Å². The van der Waals surface area contributed by atoms with Gasteiger partial charge in [0.25, 0.3) is 0 Å². The summed E-state index contributed by atoms with van der Waals surface area (Å²) in [7, 11) is 0. The van der Waals surface area contributed by atoms with E-state index in [9.17, 15) is 0 Å². The summed E-state index contributed by atoms with van der Waals surface area (Å²) in [4.78, 5) is 10.1. The molecule has 150 valence electrons. The molecule has 4 heteroatoms. The molecule has 0 atom stereocenters. The van der Waals surface area contributed by atoms with Crippen LogP contribution in [0.25, 0.3) is 10.9 Å². The minimum atomic E-state index is 0.782. The third-order valence-corrected chi connectivity index (χ3v) is 6.17. The summed E-state index contributed by atoms with van der Waals surface area (Å²) >= 11 is 0. The third kappa shape index (κ3) is 4.00. The Balaban J connectivity index is 1.50. The number of aromatic nitrogens is 1. The third-order valence-electron chi connectivity index (χ3n) is 6.17. The van der Waals surface area contributed by atoms with E-state index in [1.54, 1.807) is 0 Å². The molecule has 0 amide bonds. The van der Waals surface area contributed by atoms with E-state index in [2.05, 4.69) is 65.3 Å². The van der Waals surface area contributed by atoms with Crippen LogP contribution in [0.1, 0.15) is 28.7 Å². The van der Waals surface area contributed by atoms with E-state index in [0.717, 1.165) is 57.3 Å². The van der Waals surface area contributed by atoms with Crippen LogP contribution in [0, 0.1) is 6.92 Å². The maximum atomic E-state index is 5.59. The Bertz CT molecular complexity index is 1010. The van der Waals surface area contributed by atoms with Crippen LogP contribution in [0.5, 0.6) is 0 Å². The molecule has 0 N–H and O–H groups in total. The second kappa shape index (κ2) is 8.13.